The van der Waals surface area contributed by atoms with Gasteiger partial charge in [0.25, 0.3) is 0 Å². The number of aryl methyl sites for hydroxylation is 1. The Morgan fingerprint density at radius 1 is 0.852 bits per heavy atom. The summed E-state index contributed by atoms with van der Waals surface area (Å²) in [5, 5.41) is 3.89. The Morgan fingerprint density at radius 3 is 2.19 bits per heavy atom. The predicted octanol–water partition coefficient (Wildman–Crippen LogP) is 8.17. The molecule has 27 heavy (non-hydrogen) atoms. The summed E-state index contributed by atoms with van der Waals surface area (Å²) in [7, 11) is 0. The number of thioether (sulfide) groups is 2. The first-order valence-corrected chi connectivity index (χ1v) is 10.7. The number of hydrogen-bond donors (Lipinski definition) is 0. The second-order valence-electron chi connectivity index (χ2n) is 6.04. The van der Waals surface area contributed by atoms with Crippen molar-refractivity contribution >= 4 is 45.9 Å². The van der Waals surface area contributed by atoms with E-state index in [1.54, 1.807) is 23.5 Å². The maximum atomic E-state index is 5.97. The molecule has 3 rings (SSSR count). The lowest BCUT2D eigenvalue weighted by molar-refractivity contribution is 1.43. The number of nitrogens with zero attached hydrogens (tertiary/aromatic N) is 1. The molecule has 0 heterocycles. The lowest BCUT2D eigenvalue weighted by Crippen LogP contribution is -1.94. The summed E-state index contributed by atoms with van der Waals surface area (Å²) >= 11 is 9.32. The summed E-state index contributed by atoms with van der Waals surface area (Å²) in [4.78, 5) is 7.22. The van der Waals surface area contributed by atoms with Gasteiger partial charge in [-0.3, -0.25) is 0 Å². The van der Waals surface area contributed by atoms with E-state index >= 15 is 0 Å². The second kappa shape index (κ2) is 9.84. The van der Waals surface area contributed by atoms with Crippen LogP contribution in [0.5, 0.6) is 0 Å². The molecule has 136 valence electrons. The zero-order valence-electron chi connectivity index (χ0n) is 15.2. The maximum absolute atomic E-state index is 5.97. The summed E-state index contributed by atoms with van der Waals surface area (Å²) in [6, 6.07) is 26.5. The number of benzene rings is 3. The van der Waals surface area contributed by atoms with Crippen molar-refractivity contribution < 1.29 is 0 Å². The Hall–Kier alpha value is -1.94. The molecule has 0 saturated carbocycles. The summed E-state index contributed by atoms with van der Waals surface area (Å²) in [6.07, 6.45) is 0. The third kappa shape index (κ3) is 6.31. The first-order chi connectivity index (χ1) is 13.1. The molecule has 0 aliphatic carbocycles. The summed E-state index contributed by atoms with van der Waals surface area (Å²) in [5.41, 5.74) is 3.32. The van der Waals surface area contributed by atoms with E-state index in [4.69, 9.17) is 16.6 Å². The highest BCUT2D eigenvalue weighted by Crippen LogP contribution is 2.29. The van der Waals surface area contributed by atoms with Crippen LogP contribution in [0.15, 0.2) is 105 Å². The van der Waals surface area contributed by atoms with Crippen LogP contribution in [-0.4, -0.2) is 5.04 Å². The minimum atomic E-state index is 0.751. The molecule has 4 heteroatoms. The predicted molar refractivity (Wildman–Crippen MR) is 122 cm³/mol. The fraction of sp³-hybridized carbons (Fsp3) is 0.0870. The van der Waals surface area contributed by atoms with Crippen LogP contribution in [-0.2, 0) is 0 Å². The molecule has 0 atom stereocenters. The van der Waals surface area contributed by atoms with Crippen LogP contribution in [0.1, 0.15) is 12.5 Å². The topological polar surface area (TPSA) is 12.4 Å². The van der Waals surface area contributed by atoms with Gasteiger partial charge in [-0.15, -0.1) is 0 Å². The Balaban J connectivity index is 1.86. The SMILES string of the molecule is CC(=CSc1ccc(Cl)cc1)C(=Nc1ccc(C)cc1)Sc1ccccc1. The van der Waals surface area contributed by atoms with Gasteiger partial charge in [0.1, 0.15) is 5.04 Å². The molecular weight excluding hydrogens is 390 g/mol. The fourth-order valence-electron chi connectivity index (χ4n) is 2.25. The van der Waals surface area contributed by atoms with Gasteiger partial charge in [-0.2, -0.15) is 0 Å². The van der Waals surface area contributed by atoms with Crippen molar-refractivity contribution in [2.75, 3.05) is 0 Å². The molecule has 0 unspecified atom stereocenters. The van der Waals surface area contributed by atoms with E-state index in [-0.39, 0.29) is 0 Å². The van der Waals surface area contributed by atoms with E-state index < -0.39 is 0 Å². The molecule has 0 spiro atoms. The highest BCUT2D eigenvalue weighted by molar-refractivity contribution is 8.14. The number of aliphatic imine (C=N–C) groups is 1. The highest BCUT2D eigenvalue weighted by atomic mass is 35.5. The van der Waals surface area contributed by atoms with E-state index in [1.165, 1.54) is 10.5 Å². The van der Waals surface area contributed by atoms with E-state index in [2.05, 4.69) is 55.7 Å². The maximum Gasteiger partial charge on any atom is 0.105 e. The van der Waals surface area contributed by atoms with Crippen LogP contribution in [0.25, 0.3) is 0 Å². The van der Waals surface area contributed by atoms with Gasteiger partial charge < -0.3 is 0 Å². The Labute approximate surface area is 174 Å². The standard InChI is InChI=1S/C23H20ClNS2/c1-17-8-12-20(13-9-17)25-23(27-22-6-4-3-5-7-22)18(2)16-26-21-14-10-19(24)11-15-21/h3-16H,1-2H3. The fourth-order valence-corrected chi connectivity index (χ4v) is 4.05. The van der Waals surface area contributed by atoms with Crippen LogP contribution in [0, 0.1) is 6.92 Å². The van der Waals surface area contributed by atoms with Crippen molar-refractivity contribution in [3.05, 3.63) is 100 Å². The van der Waals surface area contributed by atoms with Crippen LogP contribution in [0.3, 0.4) is 0 Å². The molecule has 0 bridgehead atoms. The van der Waals surface area contributed by atoms with Crippen LogP contribution < -0.4 is 0 Å². The molecule has 0 fully saturated rings. The molecule has 0 radical (unpaired) electrons. The van der Waals surface area contributed by atoms with Crippen molar-refractivity contribution in [3.8, 4) is 0 Å². The molecule has 0 saturated heterocycles. The first kappa shape index (κ1) is 19.8. The zero-order chi connectivity index (χ0) is 19.1. The average Bonchev–Trinajstić information content (AvgIpc) is 2.69. The number of hydrogen-bond acceptors (Lipinski definition) is 3. The third-order valence-corrected chi connectivity index (χ3v) is 6.13. The van der Waals surface area contributed by atoms with Gasteiger partial charge in [0.2, 0.25) is 0 Å². The zero-order valence-corrected chi connectivity index (χ0v) is 17.6. The molecule has 0 aliphatic heterocycles. The monoisotopic (exact) mass is 409 g/mol. The van der Waals surface area contributed by atoms with Crippen LogP contribution in [0.2, 0.25) is 5.02 Å². The van der Waals surface area contributed by atoms with Crippen molar-refractivity contribution in [2.24, 2.45) is 4.99 Å². The van der Waals surface area contributed by atoms with Gasteiger partial charge in [0.05, 0.1) is 5.69 Å². The minimum absolute atomic E-state index is 0.751. The van der Waals surface area contributed by atoms with Gasteiger partial charge in [-0.1, -0.05) is 71.0 Å². The molecule has 3 aromatic rings. The summed E-state index contributed by atoms with van der Waals surface area (Å²) < 4.78 is 0. The largest absolute Gasteiger partial charge is 0.241 e. The Kier molecular flexibility index (Phi) is 7.22. The molecular formula is C23H20ClNS2. The van der Waals surface area contributed by atoms with Crippen molar-refractivity contribution in [2.45, 2.75) is 23.6 Å². The lowest BCUT2D eigenvalue weighted by Gasteiger charge is -2.08. The Morgan fingerprint density at radius 2 is 1.52 bits per heavy atom. The van der Waals surface area contributed by atoms with E-state index in [0.717, 1.165) is 26.2 Å². The minimum Gasteiger partial charge on any atom is -0.241 e. The molecule has 0 aliphatic rings. The molecule has 3 aromatic carbocycles. The van der Waals surface area contributed by atoms with Gasteiger partial charge in [-0.25, -0.2) is 4.99 Å². The summed E-state index contributed by atoms with van der Waals surface area (Å²) in [5.74, 6) is 0. The lowest BCUT2D eigenvalue weighted by atomic mass is 10.2. The molecule has 0 N–H and O–H groups in total. The smallest absolute Gasteiger partial charge is 0.105 e. The van der Waals surface area contributed by atoms with E-state index in [9.17, 15) is 0 Å². The summed E-state index contributed by atoms with van der Waals surface area (Å²) in [6.45, 7) is 4.19. The van der Waals surface area contributed by atoms with Crippen molar-refractivity contribution in [3.63, 3.8) is 0 Å². The quantitative estimate of drug-likeness (QED) is 0.239. The molecule has 0 aromatic heterocycles. The van der Waals surface area contributed by atoms with E-state index in [0.29, 0.717) is 0 Å². The van der Waals surface area contributed by atoms with E-state index in [1.807, 2.05) is 42.5 Å². The Bertz CT molecular complexity index is 930. The first-order valence-electron chi connectivity index (χ1n) is 8.58. The van der Waals surface area contributed by atoms with Crippen molar-refractivity contribution in [1.82, 2.24) is 0 Å². The second-order valence-corrected chi connectivity index (χ2v) is 8.48. The van der Waals surface area contributed by atoms with Crippen LogP contribution >= 0.6 is 35.1 Å². The number of rotatable bonds is 5. The average molecular weight is 410 g/mol. The highest BCUT2D eigenvalue weighted by Gasteiger charge is 2.07. The number of halogens is 1. The third-order valence-electron chi connectivity index (χ3n) is 3.75. The van der Waals surface area contributed by atoms with Crippen molar-refractivity contribution in [1.29, 1.82) is 0 Å². The normalized spacial score (nSPS) is 12.3. The molecule has 1 nitrogen and oxygen atoms in total. The van der Waals surface area contributed by atoms with Gasteiger partial charge in [0, 0.05) is 14.8 Å². The van der Waals surface area contributed by atoms with Crippen LogP contribution in [0.4, 0.5) is 5.69 Å². The van der Waals surface area contributed by atoms with Gasteiger partial charge >= 0.3 is 0 Å². The molecule has 0 amide bonds. The van der Waals surface area contributed by atoms with Gasteiger partial charge in [-0.05, 0) is 73.4 Å². The van der Waals surface area contributed by atoms with Gasteiger partial charge in [0.15, 0.2) is 0 Å².